The number of sulfonamides is 1. The van der Waals surface area contributed by atoms with Crippen LogP contribution < -0.4 is 10.5 Å². The molecular formula is C15H15N3O2S. The predicted molar refractivity (Wildman–Crippen MR) is 83.0 cm³/mol. The number of hydrogen-bond acceptors (Lipinski definition) is 4. The van der Waals surface area contributed by atoms with E-state index in [1.807, 2.05) is 6.07 Å². The second-order valence-corrected chi connectivity index (χ2v) is 6.47. The molecule has 0 saturated heterocycles. The molecular weight excluding hydrogens is 286 g/mol. The van der Waals surface area contributed by atoms with E-state index in [1.54, 1.807) is 43.3 Å². The average Bonchev–Trinajstić information content (AvgIpc) is 2.40. The lowest BCUT2D eigenvalue weighted by Gasteiger charge is -2.11. The lowest BCUT2D eigenvalue weighted by molar-refractivity contribution is 0.600. The van der Waals surface area contributed by atoms with E-state index in [4.69, 9.17) is 11.0 Å². The maximum absolute atomic E-state index is 12.2. The maximum Gasteiger partial charge on any atom is 0.236 e. The first kappa shape index (κ1) is 14.9. The molecule has 0 aliphatic heterocycles. The fraction of sp³-hybridized carbons (Fsp3) is 0.133. The summed E-state index contributed by atoms with van der Waals surface area (Å²) >= 11 is 0. The Balaban J connectivity index is 2.24. The Kier molecular flexibility index (Phi) is 4.15. The SMILES string of the molecule is Cc1ccc(C#N)cc1NS(=O)(=O)Cc1cccc(N)c1. The smallest absolute Gasteiger partial charge is 0.236 e. The average molecular weight is 301 g/mol. The quantitative estimate of drug-likeness (QED) is 0.847. The Bertz CT molecular complexity index is 808. The third-order valence-electron chi connectivity index (χ3n) is 2.94. The molecule has 2 aromatic carbocycles. The highest BCUT2D eigenvalue weighted by Crippen LogP contribution is 2.19. The second kappa shape index (κ2) is 5.85. The van der Waals surface area contributed by atoms with Gasteiger partial charge in [-0.15, -0.1) is 0 Å². The Morgan fingerprint density at radius 1 is 1.24 bits per heavy atom. The zero-order valence-electron chi connectivity index (χ0n) is 11.5. The summed E-state index contributed by atoms with van der Waals surface area (Å²) < 4.78 is 26.9. The van der Waals surface area contributed by atoms with E-state index in [-0.39, 0.29) is 5.75 Å². The van der Waals surface area contributed by atoms with Gasteiger partial charge in [0.15, 0.2) is 0 Å². The molecule has 0 fully saturated rings. The topological polar surface area (TPSA) is 96.0 Å². The Morgan fingerprint density at radius 3 is 2.67 bits per heavy atom. The van der Waals surface area contributed by atoms with Crippen LogP contribution in [0.15, 0.2) is 42.5 Å². The molecule has 6 heteroatoms. The number of aryl methyl sites for hydroxylation is 1. The molecule has 0 unspecified atom stereocenters. The molecule has 0 bridgehead atoms. The minimum atomic E-state index is -3.57. The van der Waals surface area contributed by atoms with Gasteiger partial charge in [-0.25, -0.2) is 8.42 Å². The van der Waals surface area contributed by atoms with Gasteiger partial charge >= 0.3 is 0 Å². The van der Waals surface area contributed by atoms with Gasteiger partial charge in [-0.1, -0.05) is 18.2 Å². The molecule has 0 aromatic heterocycles. The summed E-state index contributed by atoms with van der Waals surface area (Å²) in [7, 11) is -3.57. The van der Waals surface area contributed by atoms with Crippen LogP contribution in [-0.4, -0.2) is 8.42 Å². The predicted octanol–water partition coefficient (Wildman–Crippen LogP) is 2.39. The van der Waals surface area contributed by atoms with E-state index in [2.05, 4.69) is 4.72 Å². The summed E-state index contributed by atoms with van der Waals surface area (Å²) in [6.07, 6.45) is 0. The number of nitrogens with zero attached hydrogens (tertiary/aromatic N) is 1. The van der Waals surface area contributed by atoms with Gasteiger partial charge in [0.1, 0.15) is 0 Å². The van der Waals surface area contributed by atoms with Crippen LogP contribution in [0.5, 0.6) is 0 Å². The van der Waals surface area contributed by atoms with Crippen molar-refractivity contribution in [3.05, 3.63) is 59.2 Å². The minimum absolute atomic E-state index is 0.172. The van der Waals surface area contributed by atoms with Crippen LogP contribution in [0.3, 0.4) is 0 Å². The molecule has 2 rings (SSSR count). The number of nitriles is 1. The summed E-state index contributed by atoms with van der Waals surface area (Å²) in [6, 6.07) is 13.6. The van der Waals surface area contributed by atoms with Crippen LogP contribution in [0.25, 0.3) is 0 Å². The fourth-order valence-corrected chi connectivity index (χ4v) is 3.15. The van der Waals surface area contributed by atoms with Crippen molar-refractivity contribution in [1.29, 1.82) is 5.26 Å². The number of benzene rings is 2. The van der Waals surface area contributed by atoms with Gasteiger partial charge in [-0.2, -0.15) is 5.26 Å². The van der Waals surface area contributed by atoms with Crippen molar-refractivity contribution in [2.75, 3.05) is 10.5 Å². The van der Waals surface area contributed by atoms with Crippen LogP contribution in [-0.2, 0) is 15.8 Å². The van der Waals surface area contributed by atoms with Crippen molar-refractivity contribution >= 4 is 21.4 Å². The molecule has 0 saturated carbocycles. The number of hydrogen-bond donors (Lipinski definition) is 2. The van der Waals surface area contributed by atoms with Gasteiger partial charge in [0, 0.05) is 5.69 Å². The van der Waals surface area contributed by atoms with Gasteiger partial charge in [0.2, 0.25) is 10.0 Å². The van der Waals surface area contributed by atoms with E-state index in [0.29, 0.717) is 22.5 Å². The van der Waals surface area contributed by atoms with Crippen molar-refractivity contribution in [3.8, 4) is 6.07 Å². The molecule has 21 heavy (non-hydrogen) atoms. The lowest BCUT2D eigenvalue weighted by atomic mass is 10.1. The van der Waals surface area contributed by atoms with E-state index >= 15 is 0 Å². The molecule has 5 nitrogen and oxygen atoms in total. The van der Waals surface area contributed by atoms with Crippen LogP contribution >= 0.6 is 0 Å². The molecule has 0 amide bonds. The molecule has 3 N–H and O–H groups in total. The minimum Gasteiger partial charge on any atom is -0.399 e. The first-order chi connectivity index (χ1) is 9.89. The van der Waals surface area contributed by atoms with E-state index in [9.17, 15) is 8.42 Å². The van der Waals surface area contributed by atoms with Crippen molar-refractivity contribution in [3.63, 3.8) is 0 Å². The standard InChI is InChI=1S/C15H15N3O2S/c1-11-5-6-12(9-16)8-15(11)18-21(19,20)10-13-3-2-4-14(17)7-13/h2-8,18H,10,17H2,1H3. The molecule has 108 valence electrons. The van der Waals surface area contributed by atoms with Crippen LogP contribution in [0.2, 0.25) is 0 Å². The molecule has 0 aliphatic rings. The zero-order valence-corrected chi connectivity index (χ0v) is 12.3. The van der Waals surface area contributed by atoms with Crippen LogP contribution in [0, 0.1) is 18.3 Å². The van der Waals surface area contributed by atoms with Crippen molar-refractivity contribution < 1.29 is 8.42 Å². The third kappa shape index (κ3) is 3.97. The number of nitrogens with two attached hydrogens (primary N) is 1. The van der Waals surface area contributed by atoms with Gasteiger partial charge in [-0.05, 0) is 42.3 Å². The highest BCUT2D eigenvalue weighted by atomic mass is 32.2. The molecule has 0 radical (unpaired) electrons. The van der Waals surface area contributed by atoms with Gasteiger partial charge in [0.25, 0.3) is 0 Å². The van der Waals surface area contributed by atoms with Crippen molar-refractivity contribution in [1.82, 2.24) is 0 Å². The highest BCUT2D eigenvalue weighted by molar-refractivity contribution is 7.91. The zero-order chi connectivity index (χ0) is 15.5. The number of anilines is 2. The third-order valence-corrected chi connectivity index (χ3v) is 4.18. The normalized spacial score (nSPS) is 10.9. The molecule has 0 atom stereocenters. The first-order valence-electron chi connectivity index (χ1n) is 6.25. The van der Waals surface area contributed by atoms with Gasteiger partial charge < -0.3 is 5.73 Å². The number of rotatable bonds is 4. The summed E-state index contributed by atoms with van der Waals surface area (Å²) in [5, 5.41) is 8.88. The molecule has 0 heterocycles. The Morgan fingerprint density at radius 2 is 2.00 bits per heavy atom. The fourth-order valence-electron chi connectivity index (χ4n) is 1.91. The van der Waals surface area contributed by atoms with Crippen LogP contribution in [0.1, 0.15) is 16.7 Å². The van der Waals surface area contributed by atoms with Crippen molar-refractivity contribution in [2.24, 2.45) is 0 Å². The van der Waals surface area contributed by atoms with Crippen LogP contribution in [0.4, 0.5) is 11.4 Å². The summed E-state index contributed by atoms with van der Waals surface area (Å²) in [4.78, 5) is 0. The van der Waals surface area contributed by atoms with E-state index < -0.39 is 10.0 Å². The lowest BCUT2D eigenvalue weighted by Crippen LogP contribution is -2.16. The first-order valence-corrected chi connectivity index (χ1v) is 7.90. The summed E-state index contributed by atoms with van der Waals surface area (Å²) in [6.45, 7) is 1.78. The summed E-state index contributed by atoms with van der Waals surface area (Å²) in [5.74, 6) is -0.172. The van der Waals surface area contributed by atoms with E-state index in [0.717, 1.165) is 5.56 Å². The van der Waals surface area contributed by atoms with Gasteiger partial charge in [-0.3, -0.25) is 4.72 Å². The largest absolute Gasteiger partial charge is 0.399 e. The second-order valence-electron chi connectivity index (χ2n) is 4.75. The van der Waals surface area contributed by atoms with Crippen molar-refractivity contribution in [2.45, 2.75) is 12.7 Å². The molecule has 0 aliphatic carbocycles. The monoisotopic (exact) mass is 301 g/mol. The Labute approximate surface area is 124 Å². The van der Waals surface area contributed by atoms with E-state index in [1.165, 1.54) is 6.07 Å². The molecule has 0 spiro atoms. The number of nitrogen functional groups attached to an aromatic ring is 1. The number of nitrogens with one attached hydrogen (secondary N) is 1. The highest BCUT2D eigenvalue weighted by Gasteiger charge is 2.13. The maximum atomic E-state index is 12.2. The Hall–Kier alpha value is -2.52. The van der Waals surface area contributed by atoms with Gasteiger partial charge in [0.05, 0.1) is 23.1 Å². The summed E-state index contributed by atoms with van der Waals surface area (Å²) in [5.41, 5.74) is 8.34. The molecule has 2 aromatic rings.